The predicted octanol–water partition coefficient (Wildman–Crippen LogP) is 1.66. The van der Waals surface area contributed by atoms with Crippen LogP contribution in [0.15, 0.2) is 0 Å². The highest BCUT2D eigenvalue weighted by Gasteiger charge is 2.22. The van der Waals surface area contributed by atoms with Crippen LogP contribution in [-0.4, -0.2) is 6.04 Å². The first-order valence-corrected chi connectivity index (χ1v) is 4.39. The molecule has 1 aliphatic carbocycles. The summed E-state index contributed by atoms with van der Waals surface area (Å²) in [5.41, 5.74) is 5.63. The second-order valence-corrected chi connectivity index (χ2v) is 3.67. The standard InChI is InChI=1S/C9H16N2/c1-7-2-4-8(5-3-7)9(11)6-10/h7-9H,2-5,11H2,1H3/t7-,8-,9-/m0/s1. The molecular weight excluding hydrogens is 136 g/mol. The lowest BCUT2D eigenvalue weighted by Gasteiger charge is -2.27. The van der Waals surface area contributed by atoms with E-state index in [2.05, 4.69) is 13.0 Å². The van der Waals surface area contributed by atoms with Crippen molar-refractivity contribution in [3.05, 3.63) is 0 Å². The molecule has 1 saturated carbocycles. The molecule has 0 saturated heterocycles. The normalized spacial score (nSPS) is 34.3. The van der Waals surface area contributed by atoms with E-state index in [0.717, 1.165) is 18.8 Å². The molecule has 0 bridgehead atoms. The minimum absolute atomic E-state index is 0.220. The molecule has 0 amide bonds. The van der Waals surface area contributed by atoms with Gasteiger partial charge in [0.1, 0.15) is 0 Å². The highest BCUT2D eigenvalue weighted by Crippen LogP contribution is 2.29. The van der Waals surface area contributed by atoms with Gasteiger partial charge in [0.05, 0.1) is 12.1 Å². The van der Waals surface area contributed by atoms with Gasteiger partial charge in [-0.05, 0) is 24.7 Å². The number of nitriles is 1. The van der Waals surface area contributed by atoms with Gasteiger partial charge in [-0.25, -0.2) is 0 Å². The summed E-state index contributed by atoms with van der Waals surface area (Å²) in [5, 5.41) is 8.58. The summed E-state index contributed by atoms with van der Waals surface area (Å²) in [6, 6.07) is 1.91. The Bertz CT molecular complexity index is 151. The molecule has 2 nitrogen and oxygen atoms in total. The maximum atomic E-state index is 8.58. The van der Waals surface area contributed by atoms with Crippen LogP contribution in [0.4, 0.5) is 0 Å². The van der Waals surface area contributed by atoms with Crippen molar-refractivity contribution in [2.75, 3.05) is 0 Å². The molecule has 0 unspecified atom stereocenters. The van der Waals surface area contributed by atoms with E-state index in [1.54, 1.807) is 0 Å². The van der Waals surface area contributed by atoms with Crippen molar-refractivity contribution >= 4 is 0 Å². The monoisotopic (exact) mass is 152 g/mol. The summed E-state index contributed by atoms with van der Waals surface area (Å²) in [7, 11) is 0. The van der Waals surface area contributed by atoms with Crippen molar-refractivity contribution in [1.82, 2.24) is 0 Å². The first-order chi connectivity index (χ1) is 5.24. The fourth-order valence-corrected chi connectivity index (χ4v) is 1.75. The topological polar surface area (TPSA) is 49.8 Å². The molecule has 0 heterocycles. The number of nitrogens with two attached hydrogens (primary N) is 1. The number of nitrogens with zero attached hydrogens (tertiary/aromatic N) is 1. The smallest absolute Gasteiger partial charge is 0.0956 e. The largest absolute Gasteiger partial charge is 0.316 e. The van der Waals surface area contributed by atoms with Crippen LogP contribution in [0.25, 0.3) is 0 Å². The highest BCUT2D eigenvalue weighted by atomic mass is 14.7. The lowest BCUT2D eigenvalue weighted by molar-refractivity contribution is 0.275. The Morgan fingerprint density at radius 1 is 1.36 bits per heavy atom. The van der Waals surface area contributed by atoms with Gasteiger partial charge in [-0.2, -0.15) is 5.26 Å². The summed E-state index contributed by atoms with van der Waals surface area (Å²) in [6.07, 6.45) is 4.80. The lowest BCUT2D eigenvalue weighted by atomic mass is 9.80. The first kappa shape index (κ1) is 8.55. The number of rotatable bonds is 1. The summed E-state index contributed by atoms with van der Waals surface area (Å²) in [5.74, 6) is 1.31. The zero-order valence-electron chi connectivity index (χ0n) is 7.09. The van der Waals surface area contributed by atoms with Crippen LogP contribution in [0.2, 0.25) is 0 Å². The number of hydrogen-bond acceptors (Lipinski definition) is 2. The van der Waals surface area contributed by atoms with Gasteiger partial charge in [0.25, 0.3) is 0 Å². The molecule has 0 radical (unpaired) electrons. The third kappa shape index (κ3) is 2.20. The highest BCUT2D eigenvalue weighted by molar-refractivity contribution is 4.93. The van der Waals surface area contributed by atoms with E-state index >= 15 is 0 Å². The fraction of sp³-hybridized carbons (Fsp3) is 0.889. The molecule has 0 aromatic heterocycles. The van der Waals surface area contributed by atoms with Crippen molar-refractivity contribution < 1.29 is 0 Å². The van der Waals surface area contributed by atoms with Gasteiger partial charge in [-0.15, -0.1) is 0 Å². The van der Waals surface area contributed by atoms with Gasteiger partial charge in [0.15, 0.2) is 0 Å². The van der Waals surface area contributed by atoms with Crippen LogP contribution < -0.4 is 5.73 Å². The van der Waals surface area contributed by atoms with Crippen LogP contribution in [0, 0.1) is 23.2 Å². The molecule has 2 heteroatoms. The molecule has 1 atom stereocenters. The van der Waals surface area contributed by atoms with Crippen LogP contribution in [0.1, 0.15) is 32.6 Å². The second kappa shape index (κ2) is 3.73. The summed E-state index contributed by atoms with van der Waals surface area (Å²) in [6.45, 7) is 2.27. The minimum Gasteiger partial charge on any atom is -0.316 e. The Kier molecular flexibility index (Phi) is 2.90. The Morgan fingerprint density at radius 3 is 2.36 bits per heavy atom. The van der Waals surface area contributed by atoms with Gasteiger partial charge in [0.2, 0.25) is 0 Å². The maximum absolute atomic E-state index is 8.58. The van der Waals surface area contributed by atoms with Crippen molar-refractivity contribution in [1.29, 1.82) is 5.26 Å². The molecule has 1 rings (SSSR count). The molecule has 2 N–H and O–H groups in total. The van der Waals surface area contributed by atoms with E-state index in [1.807, 2.05) is 0 Å². The zero-order chi connectivity index (χ0) is 8.27. The van der Waals surface area contributed by atoms with E-state index < -0.39 is 0 Å². The Balaban J connectivity index is 2.34. The average Bonchev–Trinajstić information content (AvgIpc) is 2.05. The number of hydrogen-bond donors (Lipinski definition) is 1. The van der Waals surface area contributed by atoms with Gasteiger partial charge in [0, 0.05) is 0 Å². The third-order valence-corrected chi connectivity index (χ3v) is 2.72. The molecule has 1 fully saturated rings. The van der Waals surface area contributed by atoms with Crippen LogP contribution in [-0.2, 0) is 0 Å². The molecular formula is C9H16N2. The molecule has 0 aromatic carbocycles. The molecule has 0 aliphatic heterocycles. The van der Waals surface area contributed by atoms with E-state index in [-0.39, 0.29) is 6.04 Å². The summed E-state index contributed by atoms with van der Waals surface area (Å²) in [4.78, 5) is 0. The van der Waals surface area contributed by atoms with E-state index in [1.165, 1.54) is 12.8 Å². The molecule has 0 spiro atoms. The van der Waals surface area contributed by atoms with Crippen LogP contribution in [0.3, 0.4) is 0 Å². The van der Waals surface area contributed by atoms with Crippen LogP contribution in [0.5, 0.6) is 0 Å². The summed E-state index contributed by atoms with van der Waals surface area (Å²) >= 11 is 0. The predicted molar refractivity (Wildman–Crippen MR) is 44.7 cm³/mol. The quantitative estimate of drug-likeness (QED) is 0.621. The van der Waals surface area contributed by atoms with Crippen molar-refractivity contribution in [2.45, 2.75) is 38.6 Å². The van der Waals surface area contributed by atoms with Gasteiger partial charge in [-0.3, -0.25) is 0 Å². The average molecular weight is 152 g/mol. The van der Waals surface area contributed by atoms with Gasteiger partial charge >= 0.3 is 0 Å². The zero-order valence-corrected chi connectivity index (χ0v) is 7.09. The first-order valence-electron chi connectivity index (χ1n) is 4.39. The molecule has 0 aromatic rings. The lowest BCUT2D eigenvalue weighted by Crippen LogP contribution is -2.31. The maximum Gasteiger partial charge on any atom is 0.0956 e. The Morgan fingerprint density at radius 2 is 1.91 bits per heavy atom. The van der Waals surface area contributed by atoms with Gasteiger partial charge < -0.3 is 5.73 Å². The van der Waals surface area contributed by atoms with Crippen molar-refractivity contribution in [2.24, 2.45) is 17.6 Å². The Hall–Kier alpha value is -0.550. The summed E-state index contributed by atoms with van der Waals surface area (Å²) < 4.78 is 0. The second-order valence-electron chi connectivity index (χ2n) is 3.67. The van der Waals surface area contributed by atoms with E-state index in [0.29, 0.717) is 5.92 Å². The van der Waals surface area contributed by atoms with Crippen molar-refractivity contribution in [3.8, 4) is 6.07 Å². The minimum atomic E-state index is -0.220. The van der Waals surface area contributed by atoms with Crippen molar-refractivity contribution in [3.63, 3.8) is 0 Å². The van der Waals surface area contributed by atoms with Crippen LogP contribution >= 0.6 is 0 Å². The molecule has 1 aliphatic rings. The Labute approximate surface area is 68.4 Å². The third-order valence-electron chi connectivity index (χ3n) is 2.72. The van der Waals surface area contributed by atoms with Gasteiger partial charge in [-0.1, -0.05) is 19.8 Å². The van der Waals surface area contributed by atoms with E-state index in [4.69, 9.17) is 11.0 Å². The fourth-order valence-electron chi connectivity index (χ4n) is 1.75. The SMILES string of the molecule is C[C@H]1CC[C@H]([C@@H](N)C#N)CC1. The molecule has 11 heavy (non-hydrogen) atoms. The molecule has 62 valence electrons. The van der Waals surface area contributed by atoms with E-state index in [9.17, 15) is 0 Å².